The second kappa shape index (κ2) is 6.05. The van der Waals surface area contributed by atoms with Crippen molar-refractivity contribution in [3.63, 3.8) is 0 Å². The van der Waals surface area contributed by atoms with Gasteiger partial charge < -0.3 is 16.2 Å². The quantitative estimate of drug-likeness (QED) is 0.787. The van der Waals surface area contributed by atoms with E-state index in [1.807, 2.05) is 0 Å². The Labute approximate surface area is 118 Å². The number of carboxylic acids is 1. The van der Waals surface area contributed by atoms with Crippen molar-refractivity contribution in [3.8, 4) is 0 Å². The normalized spacial score (nSPS) is 17.4. The lowest BCUT2D eigenvalue weighted by Gasteiger charge is -2.32. The molecular weight excluding hydrogens is 256 g/mol. The van der Waals surface area contributed by atoms with Crippen LogP contribution in [0.1, 0.15) is 48.9 Å². The molecule has 20 heavy (non-hydrogen) atoms. The van der Waals surface area contributed by atoms with Crippen molar-refractivity contribution in [3.05, 3.63) is 29.8 Å². The molecule has 0 aromatic heterocycles. The lowest BCUT2D eigenvalue weighted by Crippen LogP contribution is -2.44. The standard InChI is InChI=1S/C15H20N2O3/c16-15(8-2-1-3-9-15)10-13(18)17-12-6-4-11(5-7-12)14(19)20/h4-7H,1-3,8-10,16H2,(H,17,18)(H,19,20). The van der Waals surface area contributed by atoms with E-state index in [9.17, 15) is 9.59 Å². The molecule has 0 bridgehead atoms. The minimum absolute atomic E-state index is 0.113. The number of benzene rings is 1. The number of rotatable bonds is 4. The average molecular weight is 276 g/mol. The molecule has 1 aromatic carbocycles. The first-order valence-corrected chi connectivity index (χ1v) is 6.91. The molecule has 108 valence electrons. The highest BCUT2D eigenvalue weighted by molar-refractivity contribution is 5.93. The molecule has 0 aliphatic heterocycles. The molecule has 1 aromatic rings. The minimum atomic E-state index is -0.981. The summed E-state index contributed by atoms with van der Waals surface area (Å²) in [5.41, 5.74) is 6.65. The molecule has 1 amide bonds. The Balaban J connectivity index is 1.92. The Hall–Kier alpha value is -1.88. The van der Waals surface area contributed by atoms with Crippen LogP contribution in [-0.4, -0.2) is 22.5 Å². The molecule has 1 aliphatic rings. The molecule has 4 N–H and O–H groups in total. The first kappa shape index (κ1) is 14.5. The van der Waals surface area contributed by atoms with Crippen molar-refractivity contribution in [2.24, 2.45) is 5.73 Å². The van der Waals surface area contributed by atoms with Crippen molar-refractivity contribution >= 4 is 17.6 Å². The zero-order valence-corrected chi connectivity index (χ0v) is 11.4. The number of nitrogens with one attached hydrogen (secondary N) is 1. The van der Waals surface area contributed by atoms with E-state index in [1.165, 1.54) is 18.6 Å². The number of anilines is 1. The van der Waals surface area contributed by atoms with Crippen molar-refractivity contribution in [2.75, 3.05) is 5.32 Å². The van der Waals surface area contributed by atoms with Crippen LogP contribution in [0.2, 0.25) is 0 Å². The van der Waals surface area contributed by atoms with Crippen LogP contribution < -0.4 is 11.1 Å². The number of amides is 1. The summed E-state index contributed by atoms with van der Waals surface area (Å²) in [6, 6.07) is 6.12. The monoisotopic (exact) mass is 276 g/mol. The van der Waals surface area contributed by atoms with Crippen LogP contribution in [0.15, 0.2) is 24.3 Å². The lowest BCUT2D eigenvalue weighted by atomic mass is 9.80. The third-order valence-corrected chi connectivity index (χ3v) is 3.78. The number of carboxylic acid groups (broad SMARTS) is 1. The maximum atomic E-state index is 12.0. The number of aromatic carboxylic acids is 1. The molecule has 1 aliphatic carbocycles. The third-order valence-electron chi connectivity index (χ3n) is 3.78. The Kier molecular flexibility index (Phi) is 4.39. The van der Waals surface area contributed by atoms with Gasteiger partial charge >= 0.3 is 5.97 Å². The van der Waals surface area contributed by atoms with Gasteiger partial charge in [-0.15, -0.1) is 0 Å². The fourth-order valence-electron chi connectivity index (χ4n) is 2.65. The molecular formula is C15H20N2O3. The highest BCUT2D eigenvalue weighted by Crippen LogP contribution is 2.28. The summed E-state index contributed by atoms with van der Waals surface area (Å²) >= 11 is 0. The summed E-state index contributed by atoms with van der Waals surface area (Å²) < 4.78 is 0. The Morgan fingerprint density at radius 1 is 1.15 bits per heavy atom. The first-order valence-electron chi connectivity index (χ1n) is 6.91. The summed E-state index contributed by atoms with van der Waals surface area (Å²) in [5.74, 6) is -1.09. The number of hydrogen-bond donors (Lipinski definition) is 3. The van der Waals surface area contributed by atoms with E-state index in [1.54, 1.807) is 12.1 Å². The molecule has 2 rings (SSSR count). The van der Waals surface area contributed by atoms with Crippen LogP contribution in [0.4, 0.5) is 5.69 Å². The molecule has 1 saturated carbocycles. The van der Waals surface area contributed by atoms with Gasteiger partial charge in [0.2, 0.25) is 5.91 Å². The van der Waals surface area contributed by atoms with Gasteiger partial charge in [-0.2, -0.15) is 0 Å². The average Bonchev–Trinajstić information content (AvgIpc) is 2.39. The van der Waals surface area contributed by atoms with Gasteiger partial charge in [-0.1, -0.05) is 19.3 Å². The number of nitrogens with two attached hydrogens (primary N) is 1. The van der Waals surface area contributed by atoms with Gasteiger partial charge in [0.1, 0.15) is 0 Å². The summed E-state index contributed by atoms with van der Waals surface area (Å²) in [6.07, 6.45) is 5.44. The molecule has 1 fully saturated rings. The maximum Gasteiger partial charge on any atom is 0.335 e. The van der Waals surface area contributed by atoms with E-state index < -0.39 is 5.97 Å². The van der Waals surface area contributed by atoms with Gasteiger partial charge in [-0.25, -0.2) is 4.79 Å². The maximum absolute atomic E-state index is 12.0. The van der Waals surface area contributed by atoms with Crippen molar-refractivity contribution in [1.29, 1.82) is 0 Å². The van der Waals surface area contributed by atoms with Gasteiger partial charge in [0.15, 0.2) is 0 Å². The Morgan fingerprint density at radius 2 is 1.75 bits per heavy atom. The van der Waals surface area contributed by atoms with Gasteiger partial charge in [-0.3, -0.25) is 4.79 Å². The van der Waals surface area contributed by atoms with Crippen LogP contribution in [0.3, 0.4) is 0 Å². The molecule has 0 atom stereocenters. The largest absolute Gasteiger partial charge is 0.478 e. The van der Waals surface area contributed by atoms with E-state index in [4.69, 9.17) is 10.8 Å². The second-order valence-corrected chi connectivity index (χ2v) is 5.53. The van der Waals surface area contributed by atoms with E-state index >= 15 is 0 Å². The van der Waals surface area contributed by atoms with Crippen molar-refractivity contribution < 1.29 is 14.7 Å². The SMILES string of the molecule is NC1(CC(=O)Nc2ccc(C(=O)O)cc2)CCCCC1. The van der Waals surface area contributed by atoms with E-state index in [0.29, 0.717) is 12.1 Å². The highest BCUT2D eigenvalue weighted by Gasteiger charge is 2.29. The number of hydrogen-bond acceptors (Lipinski definition) is 3. The van der Waals surface area contributed by atoms with Gasteiger partial charge in [-0.05, 0) is 37.1 Å². The zero-order valence-electron chi connectivity index (χ0n) is 11.4. The molecule has 0 saturated heterocycles. The zero-order chi connectivity index (χ0) is 14.6. The van der Waals surface area contributed by atoms with E-state index in [0.717, 1.165) is 25.7 Å². The number of carbonyl (C=O) groups is 2. The van der Waals surface area contributed by atoms with Gasteiger partial charge in [0, 0.05) is 17.6 Å². The van der Waals surface area contributed by atoms with Crippen molar-refractivity contribution in [2.45, 2.75) is 44.1 Å². The van der Waals surface area contributed by atoms with E-state index in [2.05, 4.69) is 5.32 Å². The summed E-state index contributed by atoms with van der Waals surface area (Å²) in [4.78, 5) is 22.7. The molecule has 0 unspecified atom stereocenters. The molecule has 5 heteroatoms. The fourth-order valence-corrected chi connectivity index (χ4v) is 2.65. The molecule has 0 spiro atoms. The van der Waals surface area contributed by atoms with Crippen molar-refractivity contribution in [1.82, 2.24) is 0 Å². The van der Waals surface area contributed by atoms with Gasteiger partial charge in [0.25, 0.3) is 0 Å². The lowest BCUT2D eigenvalue weighted by molar-refractivity contribution is -0.117. The topological polar surface area (TPSA) is 92.4 Å². The third kappa shape index (κ3) is 3.81. The van der Waals surface area contributed by atoms with E-state index in [-0.39, 0.29) is 17.0 Å². The van der Waals surface area contributed by atoms with Crippen LogP contribution in [0, 0.1) is 0 Å². The van der Waals surface area contributed by atoms with Crippen LogP contribution >= 0.6 is 0 Å². The molecule has 0 heterocycles. The Morgan fingerprint density at radius 3 is 2.30 bits per heavy atom. The fraction of sp³-hybridized carbons (Fsp3) is 0.467. The molecule has 5 nitrogen and oxygen atoms in total. The summed E-state index contributed by atoms with van der Waals surface area (Å²) in [7, 11) is 0. The molecule has 0 radical (unpaired) electrons. The van der Waals surface area contributed by atoms with Crippen LogP contribution in [0.5, 0.6) is 0 Å². The van der Waals surface area contributed by atoms with Gasteiger partial charge in [0.05, 0.1) is 5.56 Å². The smallest absolute Gasteiger partial charge is 0.335 e. The predicted octanol–water partition coefficient (Wildman–Crippen LogP) is 2.38. The number of carbonyl (C=O) groups excluding carboxylic acids is 1. The Bertz CT molecular complexity index is 490. The first-order chi connectivity index (χ1) is 9.48. The highest BCUT2D eigenvalue weighted by atomic mass is 16.4. The minimum Gasteiger partial charge on any atom is -0.478 e. The van der Waals surface area contributed by atoms with Crippen LogP contribution in [0.25, 0.3) is 0 Å². The summed E-state index contributed by atoms with van der Waals surface area (Å²) in [6.45, 7) is 0. The predicted molar refractivity (Wildman–Crippen MR) is 76.7 cm³/mol. The van der Waals surface area contributed by atoms with Crippen LogP contribution in [-0.2, 0) is 4.79 Å². The second-order valence-electron chi connectivity index (χ2n) is 5.53. The summed E-state index contributed by atoms with van der Waals surface area (Å²) in [5, 5.41) is 11.6.